The van der Waals surface area contributed by atoms with E-state index in [0.717, 1.165) is 52.2 Å². The highest BCUT2D eigenvalue weighted by Crippen LogP contribution is 2.28. The Morgan fingerprint density at radius 1 is 0.543 bits per heavy atom. The van der Waals surface area contributed by atoms with Crippen LogP contribution in [0.15, 0.2) is 60.9 Å². The van der Waals surface area contributed by atoms with Crippen LogP contribution in [0.25, 0.3) is 21.8 Å². The Bertz CT molecular complexity index is 3290. The number of carbonyl (C=O) groups is 10. The number of aliphatic hydroxyl groups excluding tert-OH is 4. The first-order chi connectivity index (χ1) is 45.1. The van der Waals surface area contributed by atoms with E-state index in [-0.39, 0.29) is 75.0 Å². The number of hydrogen-bond acceptors (Lipinski definition) is 16. The van der Waals surface area contributed by atoms with Crippen LogP contribution in [-0.2, 0) is 60.8 Å². The normalized spacial score (nSPS) is 24.2. The number of Topliss-reactive ketones (excluding diaryl/α,β-unsaturated/α-hetero) is 2. The Kier molecular flexibility index (Phi) is 27.3. The van der Waals surface area contributed by atoms with Gasteiger partial charge in [-0.3, -0.25) is 47.9 Å². The number of carbonyl (C=O) groups excluding carboxylic acids is 10. The fourth-order valence-corrected chi connectivity index (χ4v) is 12.9. The van der Waals surface area contributed by atoms with E-state index in [0.29, 0.717) is 64.5 Å². The number of fused-ring (bicyclic) bond motifs is 4. The van der Waals surface area contributed by atoms with Crippen LogP contribution in [0.1, 0.15) is 155 Å². The Hall–Kier alpha value is -7.94. The molecule has 0 aliphatic carbocycles. The number of hydrogen-bond donors (Lipinski definition) is 10. The molecule has 4 fully saturated rings. The molecule has 0 bridgehead atoms. The van der Waals surface area contributed by atoms with Crippen LogP contribution >= 0.6 is 0 Å². The second-order valence-electron chi connectivity index (χ2n) is 25.4. The maximum Gasteiger partial charge on any atom is 0.246 e. The fraction of sp³-hybridized carbons (Fsp3) is 0.618. The van der Waals surface area contributed by atoms with Crippen molar-refractivity contribution in [1.82, 2.24) is 51.2 Å². The molecule has 2 aromatic heterocycles. The van der Waals surface area contributed by atoms with Crippen LogP contribution in [0.5, 0.6) is 0 Å². The number of aromatic nitrogens is 2. The number of para-hydroxylation sites is 2. The van der Waals surface area contributed by atoms with Crippen molar-refractivity contribution in [2.24, 2.45) is 11.8 Å². The summed E-state index contributed by atoms with van der Waals surface area (Å²) in [6.45, 7) is 9.33. The number of ketones is 2. The van der Waals surface area contributed by atoms with Crippen molar-refractivity contribution in [2.45, 2.75) is 223 Å². The van der Waals surface area contributed by atoms with E-state index in [1.165, 1.54) is 19.1 Å². The lowest BCUT2D eigenvalue weighted by Crippen LogP contribution is -2.64. The van der Waals surface area contributed by atoms with Gasteiger partial charge in [-0.15, -0.1) is 0 Å². The Labute approximate surface area is 548 Å². The maximum absolute atomic E-state index is 14.1. The van der Waals surface area contributed by atoms with E-state index in [4.69, 9.17) is 14.8 Å². The molecule has 94 heavy (non-hydrogen) atoms. The van der Waals surface area contributed by atoms with Gasteiger partial charge in [-0.25, -0.2) is 0 Å². The lowest BCUT2D eigenvalue weighted by molar-refractivity contribution is -0.147. The number of benzene rings is 2. The van der Waals surface area contributed by atoms with Gasteiger partial charge in [0, 0.05) is 61.9 Å². The summed E-state index contributed by atoms with van der Waals surface area (Å²) in [6.07, 6.45) is 6.55. The molecule has 13 atom stereocenters. The van der Waals surface area contributed by atoms with Crippen LogP contribution < -0.4 is 41.6 Å². The number of amides is 8. The van der Waals surface area contributed by atoms with Crippen LogP contribution in [0.4, 0.5) is 0 Å². The van der Waals surface area contributed by atoms with Crippen molar-refractivity contribution in [2.75, 3.05) is 33.9 Å². The summed E-state index contributed by atoms with van der Waals surface area (Å²) in [5.41, 5.74) is 3.06. The summed E-state index contributed by atoms with van der Waals surface area (Å²) in [5.74, 6) is -5.04. The molecule has 4 aliphatic heterocycles. The first kappa shape index (κ1) is 73.5. The third-order valence-corrected chi connectivity index (χ3v) is 19.0. The molecule has 26 heteroatoms. The molecule has 2 aromatic carbocycles. The monoisotopic (exact) mass is 1310 g/mol. The molecule has 0 saturated carbocycles. The zero-order valence-electron chi connectivity index (χ0n) is 55.3. The van der Waals surface area contributed by atoms with Crippen molar-refractivity contribution in [3.8, 4) is 0 Å². The number of nitrogens with zero attached hydrogens (tertiary/aromatic N) is 4. The van der Waals surface area contributed by atoms with Crippen molar-refractivity contribution in [3.05, 3.63) is 72.1 Å². The summed E-state index contributed by atoms with van der Waals surface area (Å²) >= 11 is 0. The standard InChI is InChI=1S/2C34H49N5O8/c1-5-20(3)29-34(46)38-17-10-9-15-26(38)33(45)35-23(13-11-16-28(41)30(42)27(40)6-2)31(43)36-24(32(44)37-29)18-21-19-39(47-4)25-14-8-7-12-22(21)25;1-4-21(2)30-34(46)38-17-11-10-15-27(38)33(45)35-24(13-6-5-7-16-28(41)29(42)20-40)31(43)36-25(32(44)37-30)18-22-19-39(47-3)26-14-9-8-12-23(22)26/h7-8,12,14,19-20,23-24,26,28-30,41-42H,5-6,9-11,13,15-18H2,1-4H3,(H,35,45)(H,36,43)(H,37,44);8-9,12,14,19,21,24-25,27,29-30,40,42H,4-7,10-11,13,15-18,20H2,1-3H3,(H,35,45)(H,36,43)(H,37,44)/t20?,23-,24-,26?,28?,29-,30?;21?,24-,25-,27?,29?,30-/m00/s1. The largest absolute Gasteiger partial charge is 0.417 e. The Balaban J connectivity index is 0.000000266. The van der Waals surface area contributed by atoms with Gasteiger partial charge in [0.25, 0.3) is 0 Å². The molecule has 7 unspecified atom stereocenters. The molecule has 0 spiro atoms. The van der Waals surface area contributed by atoms with Gasteiger partial charge >= 0.3 is 0 Å². The maximum atomic E-state index is 14.1. The van der Waals surface area contributed by atoms with E-state index in [9.17, 15) is 63.3 Å². The zero-order chi connectivity index (χ0) is 68.3. The third kappa shape index (κ3) is 18.3. The van der Waals surface area contributed by atoms with Crippen LogP contribution in [-0.4, -0.2) is 199 Å². The number of piperidine rings is 2. The van der Waals surface area contributed by atoms with Crippen LogP contribution in [0.3, 0.4) is 0 Å². The Morgan fingerprint density at radius 3 is 1.39 bits per heavy atom. The second-order valence-corrected chi connectivity index (χ2v) is 25.4. The van der Waals surface area contributed by atoms with Crippen LogP contribution in [0.2, 0.25) is 0 Å². The lowest BCUT2D eigenvalue weighted by atomic mass is 9.93. The average Bonchev–Trinajstić information content (AvgIpc) is 1.54. The zero-order valence-corrected chi connectivity index (χ0v) is 55.3. The van der Waals surface area contributed by atoms with E-state index in [1.807, 2.05) is 76.2 Å². The van der Waals surface area contributed by atoms with Crippen molar-refractivity contribution in [1.29, 1.82) is 0 Å². The minimum Gasteiger partial charge on any atom is -0.417 e. The highest BCUT2D eigenvalue weighted by atomic mass is 16.6. The van der Waals surface area contributed by atoms with E-state index in [1.54, 1.807) is 33.7 Å². The predicted octanol–water partition coefficient (Wildman–Crippen LogP) is 2.02. The summed E-state index contributed by atoms with van der Waals surface area (Å²) < 4.78 is 3.17. The smallest absolute Gasteiger partial charge is 0.246 e. The van der Waals surface area contributed by atoms with Crippen molar-refractivity contribution in [3.63, 3.8) is 0 Å². The number of unbranched alkanes of at least 4 members (excludes halogenated alkanes) is 2. The molecule has 4 aromatic rings. The van der Waals surface area contributed by atoms with E-state index < -0.39 is 120 Å². The molecule has 4 aliphatic rings. The number of aliphatic hydroxyl groups is 4. The molecular weight excluding hydrogens is 1210 g/mol. The van der Waals surface area contributed by atoms with Crippen LogP contribution in [0, 0.1) is 11.8 Å². The van der Waals surface area contributed by atoms with E-state index >= 15 is 0 Å². The summed E-state index contributed by atoms with van der Waals surface area (Å²) in [5, 5.41) is 58.0. The first-order valence-electron chi connectivity index (χ1n) is 33.5. The van der Waals surface area contributed by atoms with Gasteiger partial charge in [0.1, 0.15) is 74.8 Å². The minimum absolute atomic E-state index is 0.0115. The first-order valence-corrected chi connectivity index (χ1v) is 33.5. The van der Waals surface area contributed by atoms with Crippen molar-refractivity contribution < 1.29 is 78.0 Å². The second kappa shape index (κ2) is 35.0. The van der Waals surface area contributed by atoms with Gasteiger partial charge in [-0.1, -0.05) is 96.7 Å². The predicted molar refractivity (Wildman–Crippen MR) is 348 cm³/mol. The SMILES string of the molecule is CCC(=O)C(O)C(O)CCC[C@@H]1NC(=O)C2CCCCN2C(=O)[C@H](C(C)CC)NC(=O)[C@H](Cc2cn(OC)c3ccccc23)NC1=O.CCC(C)[C@@H]1NC(=O)[C@H](Cc2cn(OC)c3ccccc23)NC(=O)[C@H](CCCCCC(=O)C(O)CO)NC(=O)C2CCCCN2C1=O. The highest BCUT2D eigenvalue weighted by Gasteiger charge is 2.43. The lowest BCUT2D eigenvalue weighted by Gasteiger charge is -2.39. The number of rotatable bonds is 25. The molecule has 26 nitrogen and oxygen atoms in total. The van der Waals surface area contributed by atoms with Gasteiger partial charge in [0.05, 0.1) is 23.7 Å². The fourth-order valence-electron chi connectivity index (χ4n) is 12.9. The molecule has 4 saturated heterocycles. The van der Waals surface area contributed by atoms with Gasteiger partial charge in [-0.05, 0) is 106 Å². The highest BCUT2D eigenvalue weighted by molar-refractivity contribution is 6.00. The minimum atomic E-state index is -1.54. The molecule has 8 amide bonds. The van der Waals surface area contributed by atoms with E-state index in [2.05, 4.69) is 31.9 Å². The van der Waals surface area contributed by atoms with Crippen molar-refractivity contribution >= 4 is 80.6 Å². The summed E-state index contributed by atoms with van der Waals surface area (Å²) in [4.78, 5) is 149. The average molecular weight is 1310 g/mol. The molecule has 6 heterocycles. The van der Waals surface area contributed by atoms with Gasteiger partial charge in [0.2, 0.25) is 47.3 Å². The summed E-state index contributed by atoms with van der Waals surface area (Å²) in [7, 11) is 3.06. The van der Waals surface area contributed by atoms with Gasteiger partial charge in [-0.2, -0.15) is 9.46 Å². The molecule has 516 valence electrons. The third-order valence-electron chi connectivity index (χ3n) is 19.0. The molecule has 0 radical (unpaired) electrons. The molecule has 8 rings (SSSR count). The van der Waals surface area contributed by atoms with Gasteiger partial charge < -0.3 is 71.8 Å². The summed E-state index contributed by atoms with van der Waals surface area (Å²) in [6, 6.07) is 7.45. The van der Waals surface area contributed by atoms with Gasteiger partial charge in [0.15, 0.2) is 11.6 Å². The number of nitrogens with one attached hydrogen (secondary N) is 6. The Morgan fingerprint density at radius 2 is 0.968 bits per heavy atom. The molecular formula is C68H98N10O16. The molecule has 10 N–H and O–H groups in total. The topological polar surface area (TPSA) is 359 Å². The quantitative estimate of drug-likeness (QED) is 0.0424.